The lowest BCUT2D eigenvalue weighted by molar-refractivity contribution is 0.413. The summed E-state index contributed by atoms with van der Waals surface area (Å²) in [5.74, 6) is 1.11. The van der Waals surface area contributed by atoms with Gasteiger partial charge in [0.25, 0.3) is 0 Å². The van der Waals surface area contributed by atoms with E-state index < -0.39 is 9.84 Å². The van der Waals surface area contributed by atoms with Crippen LogP contribution in [-0.2, 0) is 9.84 Å². The number of methoxy groups -OCH3 is 1. The minimum absolute atomic E-state index is 0.147. The van der Waals surface area contributed by atoms with Crippen molar-refractivity contribution in [1.82, 2.24) is 5.32 Å². The van der Waals surface area contributed by atoms with E-state index in [9.17, 15) is 8.42 Å². The lowest BCUT2D eigenvalue weighted by Gasteiger charge is -2.31. The van der Waals surface area contributed by atoms with Crippen LogP contribution in [0, 0.1) is 6.92 Å². The first-order chi connectivity index (χ1) is 9.49. The molecule has 0 aliphatic carbocycles. The minimum atomic E-state index is -3.01. The van der Waals surface area contributed by atoms with Crippen LogP contribution in [-0.4, -0.2) is 33.6 Å². The highest BCUT2D eigenvalue weighted by molar-refractivity contribution is 7.92. The fraction of sp³-hybridized carbons (Fsp3) is 0.600. The zero-order valence-electron chi connectivity index (χ0n) is 12.3. The maximum atomic E-state index is 12.3. The molecule has 1 fully saturated rings. The molecule has 4 nitrogen and oxygen atoms in total. The molecule has 1 aliphatic heterocycles. The summed E-state index contributed by atoms with van der Waals surface area (Å²) >= 11 is 0. The molecule has 0 spiro atoms. The molecule has 1 aromatic rings. The van der Waals surface area contributed by atoms with Crippen LogP contribution < -0.4 is 10.1 Å². The summed E-state index contributed by atoms with van der Waals surface area (Å²) in [5.41, 5.74) is 2.10. The number of ether oxygens (including phenoxy) is 1. The van der Waals surface area contributed by atoms with Crippen LogP contribution in [0.25, 0.3) is 0 Å². The summed E-state index contributed by atoms with van der Waals surface area (Å²) in [4.78, 5) is 0. The van der Waals surface area contributed by atoms with Crippen LogP contribution in [0.2, 0.25) is 0 Å². The normalized spacial score (nSPS) is 23.2. The number of aryl methyl sites for hydroxylation is 1. The van der Waals surface area contributed by atoms with E-state index in [1.165, 1.54) is 0 Å². The highest BCUT2D eigenvalue weighted by Gasteiger charge is 2.36. The molecular weight excluding hydrogens is 274 g/mol. The van der Waals surface area contributed by atoms with Crippen molar-refractivity contribution in [2.24, 2.45) is 0 Å². The van der Waals surface area contributed by atoms with Gasteiger partial charge in [0, 0.05) is 6.04 Å². The first-order valence-electron chi connectivity index (χ1n) is 7.03. The highest BCUT2D eigenvalue weighted by atomic mass is 32.2. The number of nitrogens with one attached hydrogen (secondary N) is 1. The molecule has 1 heterocycles. The van der Waals surface area contributed by atoms with Gasteiger partial charge >= 0.3 is 0 Å². The van der Waals surface area contributed by atoms with Gasteiger partial charge in [0.1, 0.15) is 5.75 Å². The molecule has 1 aromatic carbocycles. The fourth-order valence-electron chi connectivity index (χ4n) is 3.02. The summed E-state index contributed by atoms with van der Waals surface area (Å²) in [6, 6.07) is 5.67. The molecule has 2 unspecified atom stereocenters. The highest BCUT2D eigenvalue weighted by Crippen LogP contribution is 2.33. The van der Waals surface area contributed by atoms with Crippen LogP contribution in [0.15, 0.2) is 18.2 Å². The van der Waals surface area contributed by atoms with E-state index >= 15 is 0 Å². The summed E-state index contributed by atoms with van der Waals surface area (Å²) in [7, 11) is 0.457. The van der Waals surface area contributed by atoms with Crippen LogP contribution in [0.4, 0.5) is 0 Å². The van der Waals surface area contributed by atoms with E-state index in [2.05, 4.69) is 5.32 Å². The van der Waals surface area contributed by atoms with E-state index in [1.54, 1.807) is 7.11 Å². The van der Waals surface area contributed by atoms with Gasteiger partial charge in [0.2, 0.25) is 0 Å². The zero-order valence-corrected chi connectivity index (χ0v) is 13.2. The van der Waals surface area contributed by atoms with Crippen molar-refractivity contribution >= 4 is 9.84 Å². The SMILES string of the molecule is CNC(c1ccc(OC)cc1C)C1CCCCS1(=O)=O. The Morgan fingerprint density at radius 2 is 2.10 bits per heavy atom. The Balaban J connectivity index is 2.37. The van der Waals surface area contributed by atoms with Crippen molar-refractivity contribution in [3.8, 4) is 5.75 Å². The summed E-state index contributed by atoms with van der Waals surface area (Å²) in [6.45, 7) is 2.00. The van der Waals surface area contributed by atoms with Gasteiger partial charge in [-0.3, -0.25) is 0 Å². The average molecular weight is 297 g/mol. The first kappa shape index (κ1) is 15.3. The fourth-order valence-corrected chi connectivity index (χ4v) is 5.15. The summed E-state index contributed by atoms with van der Waals surface area (Å²) in [6.07, 6.45) is 2.51. The van der Waals surface area contributed by atoms with E-state index in [1.807, 2.05) is 32.2 Å². The number of rotatable bonds is 4. The Morgan fingerprint density at radius 1 is 1.35 bits per heavy atom. The van der Waals surface area contributed by atoms with E-state index in [4.69, 9.17) is 4.74 Å². The van der Waals surface area contributed by atoms with Gasteiger partial charge in [-0.1, -0.05) is 12.5 Å². The molecular formula is C15H23NO3S. The van der Waals surface area contributed by atoms with Crippen molar-refractivity contribution < 1.29 is 13.2 Å². The monoisotopic (exact) mass is 297 g/mol. The number of sulfone groups is 1. The van der Waals surface area contributed by atoms with Gasteiger partial charge in [-0.2, -0.15) is 0 Å². The number of benzene rings is 1. The van der Waals surface area contributed by atoms with Crippen molar-refractivity contribution in [3.05, 3.63) is 29.3 Å². The molecule has 1 aliphatic rings. The van der Waals surface area contributed by atoms with Crippen molar-refractivity contribution in [3.63, 3.8) is 0 Å². The molecule has 0 radical (unpaired) electrons. The molecule has 0 bridgehead atoms. The summed E-state index contributed by atoms with van der Waals surface area (Å²) < 4.78 is 29.9. The van der Waals surface area contributed by atoms with Crippen LogP contribution in [0.1, 0.15) is 36.4 Å². The molecule has 2 rings (SSSR count). The van der Waals surface area contributed by atoms with Crippen molar-refractivity contribution in [1.29, 1.82) is 0 Å². The molecule has 20 heavy (non-hydrogen) atoms. The van der Waals surface area contributed by atoms with E-state index in [0.717, 1.165) is 36.1 Å². The molecule has 1 N–H and O–H groups in total. The maximum Gasteiger partial charge on any atom is 0.155 e. The smallest absolute Gasteiger partial charge is 0.155 e. The predicted molar refractivity (Wildman–Crippen MR) is 81.0 cm³/mol. The third-order valence-corrected chi connectivity index (χ3v) is 6.41. The second-order valence-electron chi connectivity index (χ2n) is 5.39. The van der Waals surface area contributed by atoms with Gasteiger partial charge in [0.15, 0.2) is 9.84 Å². The lowest BCUT2D eigenvalue weighted by atomic mass is 9.95. The quantitative estimate of drug-likeness (QED) is 0.926. The maximum absolute atomic E-state index is 12.3. The number of hydrogen-bond donors (Lipinski definition) is 1. The van der Waals surface area contributed by atoms with Crippen LogP contribution in [0.5, 0.6) is 5.75 Å². The number of hydrogen-bond acceptors (Lipinski definition) is 4. The largest absolute Gasteiger partial charge is 0.497 e. The standard InChI is InChI=1S/C15H23NO3S/c1-11-10-12(19-3)7-8-13(11)15(16-2)14-6-4-5-9-20(14,17)18/h7-8,10,14-16H,4-6,9H2,1-3H3. The van der Waals surface area contributed by atoms with Crippen molar-refractivity contribution in [2.45, 2.75) is 37.5 Å². The predicted octanol–water partition coefficient (Wildman–Crippen LogP) is 2.23. The van der Waals surface area contributed by atoms with Gasteiger partial charge in [-0.25, -0.2) is 8.42 Å². The minimum Gasteiger partial charge on any atom is -0.497 e. The molecule has 2 atom stereocenters. The van der Waals surface area contributed by atoms with Gasteiger partial charge in [-0.05, 0) is 50.1 Å². The Bertz CT molecular complexity index is 568. The summed E-state index contributed by atoms with van der Waals surface area (Å²) in [5, 5.41) is 2.88. The molecule has 112 valence electrons. The average Bonchev–Trinajstić information content (AvgIpc) is 2.42. The van der Waals surface area contributed by atoms with Gasteiger partial charge in [-0.15, -0.1) is 0 Å². The van der Waals surface area contributed by atoms with Crippen molar-refractivity contribution in [2.75, 3.05) is 19.9 Å². The Kier molecular flexibility index (Phi) is 4.70. The van der Waals surface area contributed by atoms with E-state index in [-0.39, 0.29) is 11.3 Å². The first-order valence-corrected chi connectivity index (χ1v) is 8.74. The Labute approximate surface area is 121 Å². The second kappa shape index (κ2) is 6.14. The molecule has 0 aromatic heterocycles. The third-order valence-electron chi connectivity index (χ3n) is 4.12. The topological polar surface area (TPSA) is 55.4 Å². The Morgan fingerprint density at radius 3 is 2.65 bits per heavy atom. The molecule has 1 saturated heterocycles. The molecule has 0 saturated carbocycles. The second-order valence-corrected chi connectivity index (χ2v) is 7.73. The molecule has 0 amide bonds. The third kappa shape index (κ3) is 2.99. The van der Waals surface area contributed by atoms with E-state index in [0.29, 0.717) is 5.75 Å². The van der Waals surface area contributed by atoms with Gasteiger partial charge in [0.05, 0.1) is 18.1 Å². The molecule has 5 heteroatoms. The lowest BCUT2D eigenvalue weighted by Crippen LogP contribution is -2.39. The van der Waals surface area contributed by atoms with Crippen LogP contribution >= 0.6 is 0 Å². The van der Waals surface area contributed by atoms with Crippen LogP contribution in [0.3, 0.4) is 0 Å². The van der Waals surface area contributed by atoms with Gasteiger partial charge < -0.3 is 10.1 Å². The zero-order chi connectivity index (χ0) is 14.8. The Hall–Kier alpha value is -1.07.